The fourth-order valence-corrected chi connectivity index (χ4v) is 2.78. The molecule has 0 atom stereocenters. The van der Waals surface area contributed by atoms with Crippen molar-refractivity contribution in [2.75, 3.05) is 25.1 Å². The highest BCUT2D eigenvalue weighted by Crippen LogP contribution is 2.16. The van der Waals surface area contributed by atoms with Gasteiger partial charge in [0.25, 0.3) is 0 Å². The molecule has 0 saturated heterocycles. The van der Waals surface area contributed by atoms with Gasteiger partial charge in [-0.2, -0.15) is 0 Å². The predicted octanol–water partition coefficient (Wildman–Crippen LogP) is 1.48. The van der Waals surface area contributed by atoms with E-state index in [1.807, 2.05) is 20.8 Å². The number of aryl methyl sites for hydroxylation is 2. The van der Waals surface area contributed by atoms with Crippen molar-refractivity contribution < 1.29 is 8.42 Å². The molecule has 1 rings (SSSR count). The average Bonchev–Trinajstić information content (AvgIpc) is 2.64. The monoisotopic (exact) mass is 446 g/mol. The van der Waals surface area contributed by atoms with E-state index >= 15 is 0 Å². The number of aromatic nitrogens is 1. The van der Waals surface area contributed by atoms with Gasteiger partial charge in [-0.05, 0) is 20.8 Å². The van der Waals surface area contributed by atoms with E-state index in [4.69, 9.17) is 0 Å². The second-order valence-corrected chi connectivity index (χ2v) is 8.05. The SMILES string of the molecule is CCNC(=NCc1nc(C)c(C)s1)NCCS(C)(=O)=O.I. The number of nitrogens with zero attached hydrogens (tertiary/aromatic N) is 2. The van der Waals surface area contributed by atoms with E-state index in [2.05, 4.69) is 20.6 Å². The summed E-state index contributed by atoms with van der Waals surface area (Å²) >= 11 is 1.63. The van der Waals surface area contributed by atoms with Crippen LogP contribution in [0.4, 0.5) is 0 Å². The van der Waals surface area contributed by atoms with Gasteiger partial charge in [0.1, 0.15) is 14.8 Å². The summed E-state index contributed by atoms with van der Waals surface area (Å²) in [4.78, 5) is 10.0. The van der Waals surface area contributed by atoms with Gasteiger partial charge < -0.3 is 10.6 Å². The molecule has 2 N–H and O–H groups in total. The smallest absolute Gasteiger partial charge is 0.191 e. The Morgan fingerprint density at radius 1 is 1.33 bits per heavy atom. The minimum atomic E-state index is -2.96. The zero-order valence-electron chi connectivity index (χ0n) is 12.8. The lowest BCUT2D eigenvalue weighted by Gasteiger charge is -2.10. The highest BCUT2D eigenvalue weighted by Gasteiger charge is 2.05. The maximum Gasteiger partial charge on any atom is 0.191 e. The largest absolute Gasteiger partial charge is 0.357 e. The molecule has 0 fully saturated rings. The first-order valence-corrected chi connectivity index (χ1v) is 9.32. The first kappa shape index (κ1) is 20.6. The second kappa shape index (κ2) is 9.57. The van der Waals surface area contributed by atoms with E-state index in [-0.39, 0.29) is 29.7 Å². The van der Waals surface area contributed by atoms with E-state index in [1.54, 1.807) is 11.3 Å². The zero-order valence-corrected chi connectivity index (χ0v) is 16.7. The van der Waals surface area contributed by atoms with Crippen LogP contribution in [-0.4, -0.2) is 44.5 Å². The van der Waals surface area contributed by atoms with Crippen LogP contribution in [0.15, 0.2) is 4.99 Å². The molecule has 0 unspecified atom stereocenters. The molecule has 0 saturated carbocycles. The first-order chi connectivity index (χ1) is 9.31. The number of sulfone groups is 1. The molecule has 6 nitrogen and oxygen atoms in total. The Balaban J connectivity index is 0.00000400. The van der Waals surface area contributed by atoms with Crippen LogP contribution in [0, 0.1) is 13.8 Å². The summed E-state index contributed by atoms with van der Waals surface area (Å²) < 4.78 is 22.2. The van der Waals surface area contributed by atoms with Crippen molar-refractivity contribution in [3.05, 3.63) is 15.6 Å². The Kier molecular flexibility index (Phi) is 9.38. The van der Waals surface area contributed by atoms with Crippen molar-refractivity contribution in [3.8, 4) is 0 Å². The van der Waals surface area contributed by atoms with Crippen molar-refractivity contribution >= 4 is 51.1 Å². The topological polar surface area (TPSA) is 83.4 Å². The van der Waals surface area contributed by atoms with Crippen molar-refractivity contribution in [2.45, 2.75) is 27.3 Å². The molecule has 9 heteroatoms. The van der Waals surface area contributed by atoms with E-state index in [1.165, 1.54) is 11.1 Å². The maximum atomic E-state index is 11.1. The fraction of sp³-hybridized carbons (Fsp3) is 0.667. The van der Waals surface area contributed by atoms with Gasteiger partial charge in [-0.1, -0.05) is 0 Å². The number of nitrogens with one attached hydrogen (secondary N) is 2. The van der Waals surface area contributed by atoms with Gasteiger partial charge in [0.2, 0.25) is 0 Å². The van der Waals surface area contributed by atoms with Gasteiger partial charge in [-0.15, -0.1) is 35.3 Å². The Bertz CT molecular complexity index is 550. The molecule has 0 aliphatic carbocycles. The molecule has 1 aromatic heterocycles. The third-order valence-corrected chi connectivity index (χ3v) is 4.56. The lowest BCUT2D eigenvalue weighted by Crippen LogP contribution is -2.39. The molecule has 21 heavy (non-hydrogen) atoms. The number of guanidine groups is 1. The minimum absolute atomic E-state index is 0. The number of hydrogen-bond donors (Lipinski definition) is 2. The van der Waals surface area contributed by atoms with Crippen LogP contribution >= 0.6 is 35.3 Å². The second-order valence-electron chi connectivity index (χ2n) is 4.50. The summed E-state index contributed by atoms with van der Waals surface area (Å²) in [5.41, 5.74) is 1.04. The standard InChI is InChI=1S/C12H22N4O2S2.HI/c1-5-13-12(14-6-7-20(4,17)18)15-8-11-16-9(2)10(3)19-11;/h5-8H2,1-4H3,(H2,13,14,15);1H. The van der Waals surface area contributed by atoms with Crippen LogP contribution in [0.2, 0.25) is 0 Å². The molecule has 0 bridgehead atoms. The number of hydrogen-bond acceptors (Lipinski definition) is 5. The number of thiazole rings is 1. The maximum absolute atomic E-state index is 11.1. The van der Waals surface area contributed by atoms with E-state index in [0.29, 0.717) is 19.0 Å². The molecular formula is C12H23IN4O2S2. The highest BCUT2D eigenvalue weighted by molar-refractivity contribution is 14.0. The van der Waals surface area contributed by atoms with Crippen LogP contribution < -0.4 is 10.6 Å². The quantitative estimate of drug-likeness (QED) is 0.393. The molecule has 0 aliphatic rings. The molecule has 122 valence electrons. The normalized spacial score (nSPS) is 11.9. The van der Waals surface area contributed by atoms with Crippen LogP contribution in [-0.2, 0) is 16.4 Å². The van der Waals surface area contributed by atoms with E-state index < -0.39 is 9.84 Å². The van der Waals surface area contributed by atoms with Gasteiger partial charge in [-0.25, -0.2) is 18.4 Å². The lowest BCUT2D eigenvalue weighted by molar-refractivity contribution is 0.600. The van der Waals surface area contributed by atoms with Crippen LogP contribution in [0.25, 0.3) is 0 Å². The molecule has 0 aromatic carbocycles. The summed E-state index contributed by atoms with van der Waals surface area (Å²) in [6.45, 7) is 7.55. The molecule has 1 aromatic rings. The third kappa shape index (κ3) is 8.57. The van der Waals surface area contributed by atoms with Crippen LogP contribution in [0.5, 0.6) is 0 Å². The molecular weight excluding hydrogens is 423 g/mol. The molecule has 1 heterocycles. The molecule has 0 aliphatic heterocycles. The van der Waals surface area contributed by atoms with E-state index in [9.17, 15) is 8.42 Å². The summed E-state index contributed by atoms with van der Waals surface area (Å²) in [5, 5.41) is 7.05. The van der Waals surface area contributed by atoms with Crippen molar-refractivity contribution in [1.82, 2.24) is 15.6 Å². The summed E-state index contributed by atoms with van der Waals surface area (Å²) in [6.07, 6.45) is 1.22. The Morgan fingerprint density at radius 2 is 2.00 bits per heavy atom. The summed E-state index contributed by atoms with van der Waals surface area (Å²) in [7, 11) is -2.96. The third-order valence-electron chi connectivity index (χ3n) is 2.55. The van der Waals surface area contributed by atoms with Gasteiger partial charge >= 0.3 is 0 Å². The van der Waals surface area contributed by atoms with Gasteiger partial charge in [-0.3, -0.25) is 0 Å². The lowest BCUT2D eigenvalue weighted by atomic mass is 10.4. The first-order valence-electron chi connectivity index (χ1n) is 6.44. The molecule has 0 radical (unpaired) electrons. The summed E-state index contributed by atoms with van der Waals surface area (Å²) in [5.74, 6) is 0.703. The number of aliphatic imine (C=N–C) groups is 1. The van der Waals surface area contributed by atoms with Gasteiger partial charge in [0.15, 0.2) is 5.96 Å². The van der Waals surface area contributed by atoms with E-state index in [0.717, 1.165) is 17.2 Å². The van der Waals surface area contributed by atoms with Crippen LogP contribution in [0.3, 0.4) is 0 Å². The van der Waals surface area contributed by atoms with Crippen LogP contribution in [0.1, 0.15) is 22.5 Å². The van der Waals surface area contributed by atoms with Crippen molar-refractivity contribution in [1.29, 1.82) is 0 Å². The number of halogens is 1. The average molecular weight is 446 g/mol. The van der Waals surface area contributed by atoms with Crippen molar-refractivity contribution in [2.24, 2.45) is 4.99 Å². The molecule has 0 amide bonds. The Hall–Kier alpha value is -0.420. The summed E-state index contributed by atoms with van der Waals surface area (Å²) in [6, 6.07) is 0. The number of rotatable bonds is 6. The Labute approximate surface area is 147 Å². The Morgan fingerprint density at radius 3 is 2.48 bits per heavy atom. The van der Waals surface area contributed by atoms with Crippen molar-refractivity contribution in [3.63, 3.8) is 0 Å². The molecule has 0 spiro atoms. The van der Waals surface area contributed by atoms with Gasteiger partial charge in [0.05, 0.1) is 18.0 Å². The highest BCUT2D eigenvalue weighted by atomic mass is 127. The van der Waals surface area contributed by atoms with Gasteiger partial charge in [0, 0.05) is 24.2 Å². The fourth-order valence-electron chi connectivity index (χ4n) is 1.45. The minimum Gasteiger partial charge on any atom is -0.357 e. The predicted molar refractivity (Wildman–Crippen MR) is 99.5 cm³/mol. The zero-order chi connectivity index (χ0) is 15.2.